The average molecular weight is 457 g/mol. The molecule has 0 saturated carbocycles. The number of sulfonamides is 1. The van der Waals surface area contributed by atoms with Crippen molar-refractivity contribution in [3.8, 4) is 0 Å². The maximum Gasteiger partial charge on any atom is 0.244 e. The fourth-order valence-electron chi connectivity index (χ4n) is 3.15. The Labute approximate surface area is 188 Å². The normalized spacial score (nSPS) is 12.8. The number of aryl methyl sites for hydroxylation is 2. The van der Waals surface area contributed by atoms with E-state index in [-0.39, 0.29) is 23.3 Å². The zero-order valence-electron chi connectivity index (χ0n) is 18.4. The number of hydrogen-bond acceptors (Lipinski definition) is 5. The first-order valence-electron chi connectivity index (χ1n) is 10.3. The lowest BCUT2D eigenvalue weighted by atomic mass is 10.1. The number of carbonyl (C=O) groups is 1. The van der Waals surface area contributed by atoms with E-state index in [0.717, 1.165) is 23.5 Å². The minimum atomic E-state index is -3.65. The molecule has 0 bridgehead atoms. The highest BCUT2D eigenvalue weighted by atomic mass is 32.2. The number of aromatic nitrogens is 2. The minimum Gasteiger partial charge on any atom is -0.468 e. The first-order chi connectivity index (χ1) is 15.2. The van der Waals surface area contributed by atoms with Gasteiger partial charge in [-0.25, -0.2) is 13.1 Å². The van der Waals surface area contributed by atoms with Crippen LogP contribution in [0.1, 0.15) is 29.6 Å². The Hall–Kier alpha value is -3.17. The SMILES string of the molecule is Cc1cc(C)n(CC(C)CNC(=O)C=Cc2ccc(S(=O)(=O)NCc3ccco3)cc2)n1. The van der Waals surface area contributed by atoms with Gasteiger partial charge in [-0.1, -0.05) is 19.1 Å². The highest BCUT2D eigenvalue weighted by Crippen LogP contribution is 2.13. The standard InChI is InChI=1S/C23H28N4O4S/c1-17(16-27-19(3)13-18(2)26-27)14-24-23(28)11-8-20-6-9-22(10-7-20)32(29,30)25-15-21-5-4-12-31-21/h4-13,17,25H,14-16H2,1-3H3,(H,24,28). The van der Waals surface area contributed by atoms with Crippen molar-refractivity contribution in [2.24, 2.45) is 5.92 Å². The van der Waals surface area contributed by atoms with Crippen LogP contribution in [0.3, 0.4) is 0 Å². The van der Waals surface area contributed by atoms with Crippen LogP contribution in [0.15, 0.2) is 64.1 Å². The largest absolute Gasteiger partial charge is 0.468 e. The molecule has 1 atom stereocenters. The summed E-state index contributed by atoms with van der Waals surface area (Å²) in [5.74, 6) is 0.550. The Balaban J connectivity index is 1.48. The Morgan fingerprint density at radius 1 is 1.22 bits per heavy atom. The van der Waals surface area contributed by atoms with Crippen molar-refractivity contribution in [2.75, 3.05) is 6.54 Å². The lowest BCUT2D eigenvalue weighted by Crippen LogP contribution is -2.29. The monoisotopic (exact) mass is 456 g/mol. The van der Waals surface area contributed by atoms with E-state index in [1.807, 2.05) is 24.6 Å². The van der Waals surface area contributed by atoms with E-state index < -0.39 is 10.0 Å². The zero-order chi connectivity index (χ0) is 23.1. The summed E-state index contributed by atoms with van der Waals surface area (Å²) < 4.78 is 34.3. The Morgan fingerprint density at radius 3 is 2.59 bits per heavy atom. The molecule has 2 aromatic heterocycles. The van der Waals surface area contributed by atoms with Gasteiger partial charge in [0.15, 0.2) is 0 Å². The van der Waals surface area contributed by atoms with Crippen LogP contribution in [-0.4, -0.2) is 30.7 Å². The molecule has 2 N–H and O–H groups in total. The van der Waals surface area contributed by atoms with Crippen molar-refractivity contribution in [1.82, 2.24) is 19.8 Å². The van der Waals surface area contributed by atoms with Gasteiger partial charge >= 0.3 is 0 Å². The van der Waals surface area contributed by atoms with Gasteiger partial charge in [-0.3, -0.25) is 9.48 Å². The van der Waals surface area contributed by atoms with Crippen molar-refractivity contribution >= 4 is 22.0 Å². The van der Waals surface area contributed by atoms with Crippen molar-refractivity contribution in [3.63, 3.8) is 0 Å². The summed E-state index contributed by atoms with van der Waals surface area (Å²) in [6.45, 7) is 7.36. The predicted octanol–water partition coefficient (Wildman–Crippen LogP) is 3.04. The van der Waals surface area contributed by atoms with E-state index in [4.69, 9.17) is 4.42 Å². The third-order valence-corrected chi connectivity index (χ3v) is 6.26. The highest BCUT2D eigenvalue weighted by Gasteiger charge is 2.14. The molecule has 1 amide bonds. The van der Waals surface area contributed by atoms with E-state index >= 15 is 0 Å². The Kier molecular flexibility index (Phi) is 7.66. The smallest absolute Gasteiger partial charge is 0.244 e. The van der Waals surface area contributed by atoms with Gasteiger partial charge in [0.2, 0.25) is 15.9 Å². The number of nitrogens with one attached hydrogen (secondary N) is 2. The van der Waals surface area contributed by atoms with Crippen LogP contribution in [-0.2, 0) is 27.9 Å². The van der Waals surface area contributed by atoms with Gasteiger partial charge in [-0.2, -0.15) is 5.10 Å². The van der Waals surface area contributed by atoms with Crippen LogP contribution in [0.5, 0.6) is 0 Å². The number of benzene rings is 1. The van der Waals surface area contributed by atoms with Gasteiger partial charge < -0.3 is 9.73 Å². The first kappa shape index (κ1) is 23.5. The van der Waals surface area contributed by atoms with Gasteiger partial charge in [0.1, 0.15) is 5.76 Å². The quantitative estimate of drug-likeness (QED) is 0.456. The number of carbonyl (C=O) groups excluding carboxylic acids is 1. The van der Waals surface area contributed by atoms with Gasteiger partial charge in [-0.05, 0) is 61.7 Å². The second-order valence-corrected chi connectivity index (χ2v) is 9.53. The van der Waals surface area contributed by atoms with E-state index in [1.165, 1.54) is 24.5 Å². The maximum absolute atomic E-state index is 12.4. The lowest BCUT2D eigenvalue weighted by molar-refractivity contribution is -0.116. The van der Waals surface area contributed by atoms with E-state index in [9.17, 15) is 13.2 Å². The molecule has 3 rings (SSSR count). The van der Waals surface area contributed by atoms with Crippen molar-refractivity contribution in [1.29, 1.82) is 0 Å². The molecule has 3 aromatic rings. The molecule has 1 aromatic carbocycles. The number of hydrogen-bond donors (Lipinski definition) is 2. The number of amides is 1. The average Bonchev–Trinajstić information content (AvgIpc) is 3.39. The molecule has 9 heteroatoms. The third-order valence-electron chi connectivity index (χ3n) is 4.85. The zero-order valence-corrected chi connectivity index (χ0v) is 19.2. The molecule has 0 aliphatic carbocycles. The fourth-order valence-corrected chi connectivity index (χ4v) is 4.14. The van der Waals surface area contributed by atoms with Crippen LogP contribution < -0.4 is 10.0 Å². The third kappa shape index (κ3) is 6.66. The summed E-state index contributed by atoms with van der Waals surface area (Å²) in [6.07, 6.45) is 4.57. The molecule has 0 radical (unpaired) electrons. The number of rotatable bonds is 10. The van der Waals surface area contributed by atoms with E-state index in [2.05, 4.69) is 22.1 Å². The summed E-state index contributed by atoms with van der Waals surface area (Å²) in [4.78, 5) is 12.3. The molecule has 0 aliphatic heterocycles. The summed E-state index contributed by atoms with van der Waals surface area (Å²) in [5.41, 5.74) is 2.80. The van der Waals surface area contributed by atoms with Crippen LogP contribution in [0.25, 0.3) is 6.08 Å². The Morgan fingerprint density at radius 2 is 1.97 bits per heavy atom. The summed E-state index contributed by atoms with van der Waals surface area (Å²) in [5, 5.41) is 7.32. The van der Waals surface area contributed by atoms with Crippen molar-refractivity contribution in [3.05, 3.63) is 77.5 Å². The van der Waals surface area contributed by atoms with Crippen molar-refractivity contribution < 1.29 is 17.6 Å². The predicted molar refractivity (Wildman–Crippen MR) is 122 cm³/mol. The molecule has 8 nitrogen and oxygen atoms in total. The molecule has 32 heavy (non-hydrogen) atoms. The number of furan rings is 1. The minimum absolute atomic E-state index is 0.0785. The molecule has 0 fully saturated rings. The molecule has 170 valence electrons. The number of nitrogens with zero attached hydrogens (tertiary/aromatic N) is 2. The summed E-state index contributed by atoms with van der Waals surface area (Å²) >= 11 is 0. The van der Waals surface area contributed by atoms with Crippen LogP contribution in [0.2, 0.25) is 0 Å². The second-order valence-electron chi connectivity index (χ2n) is 7.77. The molecular weight excluding hydrogens is 428 g/mol. The second kappa shape index (κ2) is 10.4. The van der Waals surface area contributed by atoms with Gasteiger partial charge in [-0.15, -0.1) is 0 Å². The van der Waals surface area contributed by atoms with Gasteiger partial charge in [0.05, 0.1) is 23.4 Å². The van der Waals surface area contributed by atoms with Crippen LogP contribution in [0.4, 0.5) is 0 Å². The molecule has 1 unspecified atom stereocenters. The van der Waals surface area contributed by atoms with Gasteiger partial charge in [0, 0.05) is 24.9 Å². The summed E-state index contributed by atoms with van der Waals surface area (Å²) in [6, 6.07) is 11.7. The topological polar surface area (TPSA) is 106 Å². The van der Waals surface area contributed by atoms with Crippen LogP contribution in [0, 0.1) is 19.8 Å². The molecule has 2 heterocycles. The van der Waals surface area contributed by atoms with E-state index in [0.29, 0.717) is 12.3 Å². The van der Waals surface area contributed by atoms with Gasteiger partial charge in [0.25, 0.3) is 0 Å². The molecule has 0 spiro atoms. The lowest BCUT2D eigenvalue weighted by Gasteiger charge is -2.13. The fraction of sp³-hybridized carbons (Fsp3) is 0.304. The van der Waals surface area contributed by atoms with Crippen molar-refractivity contribution in [2.45, 2.75) is 38.8 Å². The highest BCUT2D eigenvalue weighted by molar-refractivity contribution is 7.89. The molecule has 0 aliphatic rings. The molecule has 0 saturated heterocycles. The summed E-state index contributed by atoms with van der Waals surface area (Å²) in [7, 11) is -3.65. The Bertz CT molecular complexity index is 1160. The molecular formula is C23H28N4O4S. The maximum atomic E-state index is 12.4. The van der Waals surface area contributed by atoms with Crippen LogP contribution >= 0.6 is 0 Å². The first-order valence-corrected chi connectivity index (χ1v) is 11.8. The van der Waals surface area contributed by atoms with E-state index in [1.54, 1.807) is 30.3 Å².